The lowest BCUT2D eigenvalue weighted by Gasteiger charge is -2.35. The lowest BCUT2D eigenvalue weighted by Crippen LogP contribution is -2.50. The van der Waals surface area contributed by atoms with E-state index in [1.54, 1.807) is 11.9 Å². The second-order valence-electron chi connectivity index (χ2n) is 6.72. The molecule has 2 heterocycles. The summed E-state index contributed by atoms with van der Waals surface area (Å²) in [5, 5.41) is 3.53. The van der Waals surface area contributed by atoms with Gasteiger partial charge >= 0.3 is 0 Å². The zero-order valence-electron chi connectivity index (χ0n) is 12.6. The second-order valence-corrected chi connectivity index (χ2v) is 8.83. The third-order valence-electron chi connectivity index (χ3n) is 4.32. The van der Waals surface area contributed by atoms with E-state index in [-0.39, 0.29) is 29.4 Å². The first kappa shape index (κ1) is 15.8. The Hall–Kier alpha value is -0.620. The molecule has 0 aromatic heterocycles. The third-order valence-corrected chi connectivity index (χ3v) is 6.18. The van der Waals surface area contributed by atoms with Crippen LogP contribution in [0, 0.1) is 5.92 Å². The molecule has 6 heteroatoms. The lowest BCUT2D eigenvalue weighted by molar-refractivity contribution is -0.129. The smallest absolute Gasteiger partial charge is 0.237 e. The molecule has 0 aliphatic carbocycles. The highest BCUT2D eigenvalue weighted by molar-refractivity contribution is 7.92. The molecule has 2 bridgehead atoms. The van der Waals surface area contributed by atoms with Crippen molar-refractivity contribution in [2.75, 3.05) is 18.6 Å². The van der Waals surface area contributed by atoms with E-state index in [2.05, 4.69) is 5.32 Å². The molecule has 5 nitrogen and oxygen atoms in total. The number of carbonyl (C=O) groups is 1. The van der Waals surface area contributed by atoms with Gasteiger partial charge in [0.1, 0.15) is 5.75 Å². The first-order valence-electron chi connectivity index (χ1n) is 7.49. The number of piperidine rings is 1. The fraction of sp³-hybridized carbons (Fsp3) is 0.929. The van der Waals surface area contributed by atoms with Gasteiger partial charge in [0.25, 0.3) is 0 Å². The second kappa shape index (κ2) is 6.02. The average molecular weight is 302 g/mol. The molecule has 2 aliphatic rings. The summed E-state index contributed by atoms with van der Waals surface area (Å²) in [6.45, 7) is 3.71. The van der Waals surface area contributed by atoms with Crippen LogP contribution in [0.25, 0.3) is 0 Å². The van der Waals surface area contributed by atoms with Crippen LogP contribution >= 0.6 is 0 Å². The molecule has 0 radical (unpaired) electrons. The minimum atomic E-state index is -3.28. The Labute approximate surface area is 122 Å². The summed E-state index contributed by atoms with van der Waals surface area (Å²) in [4.78, 5) is 13.9. The summed E-state index contributed by atoms with van der Waals surface area (Å²) in [7, 11) is -1.53. The van der Waals surface area contributed by atoms with Gasteiger partial charge in [-0.3, -0.25) is 4.79 Å². The van der Waals surface area contributed by atoms with Crippen LogP contribution in [0.3, 0.4) is 0 Å². The Morgan fingerprint density at radius 3 is 2.30 bits per heavy atom. The van der Waals surface area contributed by atoms with Gasteiger partial charge in [0, 0.05) is 25.2 Å². The van der Waals surface area contributed by atoms with E-state index in [0.29, 0.717) is 12.1 Å². The molecule has 20 heavy (non-hydrogen) atoms. The van der Waals surface area contributed by atoms with Gasteiger partial charge in [-0.15, -0.1) is 0 Å². The van der Waals surface area contributed by atoms with Crippen LogP contribution in [0.5, 0.6) is 0 Å². The highest BCUT2D eigenvalue weighted by Crippen LogP contribution is 2.29. The molecule has 2 saturated heterocycles. The summed E-state index contributed by atoms with van der Waals surface area (Å²) in [5.74, 6) is -0.449. The third kappa shape index (κ3) is 3.95. The predicted molar refractivity (Wildman–Crippen MR) is 79.2 cm³/mol. The summed E-state index contributed by atoms with van der Waals surface area (Å²) < 4.78 is 23.8. The number of hydrogen-bond donors (Lipinski definition) is 1. The monoisotopic (exact) mass is 302 g/mol. The van der Waals surface area contributed by atoms with E-state index < -0.39 is 9.84 Å². The number of carbonyl (C=O) groups excluding carboxylic acids is 1. The maximum Gasteiger partial charge on any atom is 0.237 e. The van der Waals surface area contributed by atoms with Gasteiger partial charge in [-0.25, -0.2) is 8.42 Å². The highest BCUT2D eigenvalue weighted by Gasteiger charge is 2.36. The minimum absolute atomic E-state index is 0.0628. The van der Waals surface area contributed by atoms with Gasteiger partial charge < -0.3 is 10.2 Å². The van der Waals surface area contributed by atoms with Gasteiger partial charge in [-0.05, 0) is 31.6 Å². The van der Waals surface area contributed by atoms with Crippen LogP contribution < -0.4 is 5.32 Å². The summed E-state index contributed by atoms with van der Waals surface area (Å²) in [6.07, 6.45) is 4.25. The summed E-state index contributed by atoms with van der Waals surface area (Å²) >= 11 is 0. The first-order chi connectivity index (χ1) is 9.27. The van der Waals surface area contributed by atoms with Crippen LogP contribution in [0.1, 0.15) is 39.5 Å². The minimum Gasteiger partial charge on any atom is -0.342 e. The van der Waals surface area contributed by atoms with Crippen molar-refractivity contribution in [2.24, 2.45) is 5.92 Å². The molecule has 116 valence electrons. The van der Waals surface area contributed by atoms with Crippen molar-refractivity contribution in [3.8, 4) is 0 Å². The topological polar surface area (TPSA) is 66.5 Å². The van der Waals surface area contributed by atoms with E-state index in [4.69, 9.17) is 0 Å². The van der Waals surface area contributed by atoms with E-state index in [0.717, 1.165) is 12.8 Å². The van der Waals surface area contributed by atoms with Crippen LogP contribution in [0.2, 0.25) is 0 Å². The Kier molecular flexibility index (Phi) is 4.74. The highest BCUT2D eigenvalue weighted by atomic mass is 32.2. The van der Waals surface area contributed by atoms with Crippen molar-refractivity contribution in [1.82, 2.24) is 10.2 Å². The van der Waals surface area contributed by atoms with Gasteiger partial charge in [-0.2, -0.15) is 0 Å². The molecule has 0 saturated carbocycles. The van der Waals surface area contributed by atoms with Crippen molar-refractivity contribution in [3.05, 3.63) is 0 Å². The fourth-order valence-electron chi connectivity index (χ4n) is 3.40. The van der Waals surface area contributed by atoms with E-state index >= 15 is 0 Å². The zero-order chi connectivity index (χ0) is 14.9. The Morgan fingerprint density at radius 1 is 1.25 bits per heavy atom. The Bertz CT molecular complexity index is 449. The Morgan fingerprint density at radius 2 is 1.80 bits per heavy atom. The number of fused-ring (bicyclic) bond motifs is 2. The maximum atomic E-state index is 12.2. The molecule has 0 aromatic rings. The zero-order valence-corrected chi connectivity index (χ0v) is 13.4. The van der Waals surface area contributed by atoms with Crippen molar-refractivity contribution in [1.29, 1.82) is 0 Å². The summed E-state index contributed by atoms with van der Waals surface area (Å²) in [6, 6.07) is 1.19. The molecule has 0 aromatic carbocycles. The normalized spacial score (nSPS) is 29.7. The van der Waals surface area contributed by atoms with Gasteiger partial charge in [-0.1, -0.05) is 13.8 Å². The Balaban J connectivity index is 1.92. The number of sulfone groups is 1. The molecule has 2 atom stereocenters. The van der Waals surface area contributed by atoms with E-state index in [1.165, 1.54) is 12.8 Å². The van der Waals surface area contributed by atoms with Gasteiger partial charge in [0.05, 0.1) is 5.75 Å². The fourth-order valence-corrected chi connectivity index (χ4v) is 5.12. The molecule has 2 aliphatic heterocycles. The van der Waals surface area contributed by atoms with Crippen LogP contribution in [-0.2, 0) is 14.6 Å². The quantitative estimate of drug-likeness (QED) is 0.816. The van der Waals surface area contributed by atoms with Crippen LogP contribution in [0.15, 0.2) is 0 Å². The van der Waals surface area contributed by atoms with Gasteiger partial charge in [0.2, 0.25) is 5.91 Å². The lowest BCUT2D eigenvalue weighted by atomic mass is 9.98. The largest absolute Gasteiger partial charge is 0.342 e. The molecule has 2 unspecified atom stereocenters. The number of rotatable bonds is 5. The molecular weight excluding hydrogens is 276 g/mol. The molecule has 2 rings (SSSR count). The first-order valence-corrected chi connectivity index (χ1v) is 9.31. The number of amides is 1. The molecule has 0 spiro atoms. The van der Waals surface area contributed by atoms with Crippen molar-refractivity contribution in [2.45, 2.75) is 57.7 Å². The molecule has 1 amide bonds. The average Bonchev–Trinajstić information content (AvgIpc) is 2.64. The van der Waals surface area contributed by atoms with Crippen LogP contribution in [0.4, 0.5) is 0 Å². The van der Waals surface area contributed by atoms with E-state index in [1.807, 2.05) is 13.8 Å². The SMILES string of the molecule is CC(C)CS(=O)(=O)CC(=O)N(C)C1CC2CCC(C1)N2. The summed E-state index contributed by atoms with van der Waals surface area (Å²) in [5.41, 5.74) is 0. The number of hydrogen-bond acceptors (Lipinski definition) is 4. The molecular formula is C14H26N2O3S. The predicted octanol–water partition coefficient (Wildman–Crippen LogP) is 0.799. The number of nitrogens with zero attached hydrogens (tertiary/aromatic N) is 1. The standard InChI is InChI=1S/C14H26N2O3S/c1-10(2)8-20(18,19)9-14(17)16(3)13-6-11-4-5-12(7-13)15-11/h10-13,15H,4-9H2,1-3H3. The molecule has 1 N–H and O–H groups in total. The maximum absolute atomic E-state index is 12.2. The van der Waals surface area contributed by atoms with Crippen LogP contribution in [-0.4, -0.2) is 55.9 Å². The van der Waals surface area contributed by atoms with Crippen molar-refractivity contribution in [3.63, 3.8) is 0 Å². The van der Waals surface area contributed by atoms with Gasteiger partial charge in [0.15, 0.2) is 9.84 Å². The number of nitrogens with one attached hydrogen (secondary N) is 1. The van der Waals surface area contributed by atoms with Crippen molar-refractivity contribution < 1.29 is 13.2 Å². The molecule has 2 fully saturated rings. The van der Waals surface area contributed by atoms with E-state index in [9.17, 15) is 13.2 Å². The van der Waals surface area contributed by atoms with Crippen molar-refractivity contribution >= 4 is 15.7 Å².